The van der Waals surface area contributed by atoms with Crippen LogP contribution in [0.4, 0.5) is 17.1 Å². The van der Waals surface area contributed by atoms with Crippen LogP contribution in [0.1, 0.15) is 13.3 Å². The number of rotatable bonds is 4. The summed E-state index contributed by atoms with van der Waals surface area (Å²) < 4.78 is 5.94. The molecule has 2 aromatic rings. The van der Waals surface area contributed by atoms with Gasteiger partial charge >= 0.3 is 0 Å². The number of benzene rings is 2. The second-order valence-corrected chi connectivity index (χ2v) is 6.25. The Morgan fingerprint density at radius 3 is 2.79 bits per heavy atom. The van der Waals surface area contributed by atoms with Crippen molar-refractivity contribution >= 4 is 34.6 Å². The molecule has 0 aromatic heterocycles. The molecule has 1 aliphatic rings. The average Bonchev–Trinajstić information content (AvgIpc) is 2.56. The number of nitrogens with zero attached hydrogens (tertiary/aromatic N) is 1. The number of anilines is 3. The highest BCUT2D eigenvalue weighted by atomic mass is 35.5. The Morgan fingerprint density at radius 2 is 2.08 bits per heavy atom. The van der Waals surface area contributed by atoms with E-state index in [1.807, 2.05) is 17.0 Å². The van der Waals surface area contributed by atoms with Crippen molar-refractivity contribution in [3.8, 4) is 5.75 Å². The molecule has 2 aromatic carbocycles. The van der Waals surface area contributed by atoms with Crippen molar-refractivity contribution in [2.45, 2.75) is 19.4 Å². The third kappa shape index (κ3) is 3.74. The third-order valence-corrected chi connectivity index (χ3v) is 4.21. The Hall–Kier alpha value is -2.40. The van der Waals surface area contributed by atoms with Crippen LogP contribution in [0.25, 0.3) is 0 Å². The Kier molecular flexibility index (Phi) is 4.81. The van der Waals surface area contributed by atoms with E-state index in [2.05, 4.69) is 12.2 Å². The Bertz CT molecular complexity index is 734. The van der Waals surface area contributed by atoms with E-state index in [-0.39, 0.29) is 18.6 Å². The molecule has 5 nitrogen and oxygen atoms in total. The summed E-state index contributed by atoms with van der Waals surface area (Å²) in [6.45, 7) is 2.98. The fourth-order valence-corrected chi connectivity index (χ4v) is 2.84. The highest BCUT2D eigenvalue weighted by molar-refractivity contribution is 6.30. The third-order valence-electron chi connectivity index (χ3n) is 3.96. The van der Waals surface area contributed by atoms with Crippen molar-refractivity contribution in [3.05, 3.63) is 47.5 Å². The first kappa shape index (κ1) is 16.5. The van der Waals surface area contributed by atoms with E-state index < -0.39 is 0 Å². The van der Waals surface area contributed by atoms with E-state index in [1.54, 1.807) is 30.3 Å². The number of carbonyl (C=O) groups is 1. The summed E-state index contributed by atoms with van der Waals surface area (Å²) in [6, 6.07) is 12.6. The highest BCUT2D eigenvalue weighted by Crippen LogP contribution is 2.35. The molecule has 3 N–H and O–H groups in total. The van der Waals surface area contributed by atoms with Gasteiger partial charge in [0.15, 0.2) is 0 Å². The molecule has 0 saturated heterocycles. The molecule has 3 rings (SSSR count). The summed E-state index contributed by atoms with van der Waals surface area (Å²) in [5.41, 5.74) is 8.10. The minimum absolute atomic E-state index is 0.0441. The van der Waals surface area contributed by atoms with Gasteiger partial charge in [-0.2, -0.15) is 0 Å². The molecule has 0 radical (unpaired) electrons. The van der Waals surface area contributed by atoms with Crippen LogP contribution in [0.3, 0.4) is 0 Å². The second kappa shape index (κ2) is 7.01. The zero-order valence-corrected chi connectivity index (χ0v) is 14.2. The minimum atomic E-state index is -0.0862. The molecule has 1 heterocycles. The van der Waals surface area contributed by atoms with Crippen molar-refractivity contribution in [2.24, 2.45) is 0 Å². The molecule has 24 heavy (non-hydrogen) atoms. The summed E-state index contributed by atoms with van der Waals surface area (Å²) in [5, 5.41) is 3.52. The standard InChI is InChI=1S/C18H20ClN3O2/c1-2-15-10-22(16-8-5-13(20)9-17(16)24-15)11-18(23)21-14-6-3-12(19)4-7-14/h3-9,15H,2,10-11,20H2,1H3,(H,21,23). The van der Waals surface area contributed by atoms with E-state index in [9.17, 15) is 4.79 Å². The predicted molar refractivity (Wildman–Crippen MR) is 97.9 cm³/mol. The summed E-state index contributed by atoms with van der Waals surface area (Å²) in [7, 11) is 0. The number of hydrogen-bond acceptors (Lipinski definition) is 4. The second-order valence-electron chi connectivity index (χ2n) is 5.81. The van der Waals surface area contributed by atoms with Gasteiger partial charge in [-0.25, -0.2) is 0 Å². The van der Waals surface area contributed by atoms with Gasteiger partial charge in [-0.15, -0.1) is 0 Å². The van der Waals surface area contributed by atoms with Gasteiger partial charge in [0.05, 0.1) is 18.8 Å². The van der Waals surface area contributed by atoms with E-state index in [4.69, 9.17) is 22.1 Å². The predicted octanol–water partition coefficient (Wildman–Crippen LogP) is 3.54. The van der Waals surface area contributed by atoms with Gasteiger partial charge < -0.3 is 20.7 Å². The van der Waals surface area contributed by atoms with Crippen molar-refractivity contribution in [2.75, 3.05) is 29.0 Å². The number of amides is 1. The van der Waals surface area contributed by atoms with E-state index in [1.165, 1.54) is 0 Å². The lowest BCUT2D eigenvalue weighted by atomic mass is 10.1. The molecule has 0 saturated carbocycles. The number of nitrogen functional groups attached to an aromatic ring is 1. The molecule has 1 amide bonds. The first-order valence-corrected chi connectivity index (χ1v) is 8.29. The van der Waals surface area contributed by atoms with E-state index in [0.29, 0.717) is 17.3 Å². The van der Waals surface area contributed by atoms with Crippen LogP contribution in [-0.4, -0.2) is 25.1 Å². The molecule has 0 aliphatic carbocycles. The number of carbonyl (C=O) groups excluding carboxylic acids is 1. The molecule has 0 bridgehead atoms. The van der Waals surface area contributed by atoms with Gasteiger partial charge in [0, 0.05) is 22.5 Å². The van der Waals surface area contributed by atoms with Gasteiger partial charge in [0.25, 0.3) is 0 Å². The number of nitrogens with two attached hydrogens (primary N) is 1. The van der Waals surface area contributed by atoms with Crippen LogP contribution < -0.4 is 20.7 Å². The Balaban J connectivity index is 1.74. The van der Waals surface area contributed by atoms with Crippen molar-refractivity contribution < 1.29 is 9.53 Å². The quantitative estimate of drug-likeness (QED) is 0.832. The van der Waals surface area contributed by atoms with Gasteiger partial charge in [0.1, 0.15) is 11.9 Å². The SMILES string of the molecule is CCC1CN(CC(=O)Nc2ccc(Cl)cc2)c2ccc(N)cc2O1. The smallest absolute Gasteiger partial charge is 0.243 e. The maximum absolute atomic E-state index is 12.4. The fraction of sp³-hybridized carbons (Fsp3) is 0.278. The van der Waals surface area contributed by atoms with Gasteiger partial charge in [-0.3, -0.25) is 4.79 Å². The van der Waals surface area contributed by atoms with Crippen LogP contribution in [0.2, 0.25) is 5.02 Å². The molecule has 126 valence electrons. The number of ether oxygens (including phenoxy) is 1. The number of nitrogens with one attached hydrogen (secondary N) is 1. The average molecular weight is 346 g/mol. The number of hydrogen-bond donors (Lipinski definition) is 2. The van der Waals surface area contributed by atoms with Crippen LogP contribution in [0.15, 0.2) is 42.5 Å². The lowest BCUT2D eigenvalue weighted by Gasteiger charge is -2.35. The zero-order chi connectivity index (χ0) is 17.1. The number of halogens is 1. The van der Waals surface area contributed by atoms with Crippen molar-refractivity contribution in [3.63, 3.8) is 0 Å². The first-order valence-electron chi connectivity index (χ1n) is 7.91. The maximum Gasteiger partial charge on any atom is 0.243 e. The normalized spacial score (nSPS) is 16.2. The monoisotopic (exact) mass is 345 g/mol. The molecule has 1 unspecified atom stereocenters. The largest absolute Gasteiger partial charge is 0.486 e. The van der Waals surface area contributed by atoms with E-state index >= 15 is 0 Å². The zero-order valence-electron chi connectivity index (χ0n) is 13.5. The summed E-state index contributed by atoms with van der Waals surface area (Å²) in [6.07, 6.45) is 0.909. The molecule has 1 atom stereocenters. The molecule has 6 heteroatoms. The van der Waals surface area contributed by atoms with Gasteiger partial charge in [-0.05, 0) is 42.8 Å². The van der Waals surface area contributed by atoms with Crippen LogP contribution >= 0.6 is 11.6 Å². The van der Waals surface area contributed by atoms with Crippen molar-refractivity contribution in [1.82, 2.24) is 0 Å². The molecule has 0 fully saturated rings. The minimum Gasteiger partial charge on any atom is -0.486 e. The summed E-state index contributed by atoms with van der Waals surface area (Å²) in [4.78, 5) is 14.4. The fourth-order valence-electron chi connectivity index (χ4n) is 2.72. The van der Waals surface area contributed by atoms with Crippen molar-refractivity contribution in [1.29, 1.82) is 0 Å². The topological polar surface area (TPSA) is 67.6 Å². The van der Waals surface area contributed by atoms with Crippen LogP contribution in [-0.2, 0) is 4.79 Å². The summed E-state index contributed by atoms with van der Waals surface area (Å²) >= 11 is 5.86. The molecular formula is C18H20ClN3O2. The Labute approximate surface area is 146 Å². The maximum atomic E-state index is 12.4. The number of fused-ring (bicyclic) bond motifs is 1. The van der Waals surface area contributed by atoms with E-state index in [0.717, 1.165) is 23.5 Å². The Morgan fingerprint density at radius 1 is 1.33 bits per heavy atom. The highest BCUT2D eigenvalue weighted by Gasteiger charge is 2.26. The van der Waals surface area contributed by atoms with Gasteiger partial charge in [-0.1, -0.05) is 18.5 Å². The van der Waals surface area contributed by atoms with Crippen LogP contribution in [0.5, 0.6) is 5.75 Å². The molecule has 1 aliphatic heterocycles. The first-order chi connectivity index (χ1) is 11.5. The van der Waals surface area contributed by atoms with Crippen LogP contribution in [0, 0.1) is 0 Å². The molecular weight excluding hydrogens is 326 g/mol. The van der Waals surface area contributed by atoms with Gasteiger partial charge in [0.2, 0.25) is 5.91 Å². The molecule has 0 spiro atoms. The lowest BCUT2D eigenvalue weighted by Crippen LogP contribution is -2.43. The summed E-state index contributed by atoms with van der Waals surface area (Å²) in [5.74, 6) is 0.643. The lowest BCUT2D eigenvalue weighted by molar-refractivity contribution is -0.115.